The molecule has 1 heterocycles. The van der Waals surface area contributed by atoms with Crippen LogP contribution in [0.5, 0.6) is 0 Å². The molecule has 0 bridgehead atoms. The van der Waals surface area contributed by atoms with Crippen LogP contribution < -0.4 is 24.0 Å². The Morgan fingerprint density at radius 1 is 1.64 bits per heavy atom. The first-order valence-electron chi connectivity index (χ1n) is 4.03. The number of carboxylic acids is 1. The fourth-order valence-electron chi connectivity index (χ4n) is 1.67. The van der Waals surface area contributed by atoms with Gasteiger partial charge < -0.3 is 9.90 Å². The zero-order valence-electron chi connectivity index (χ0n) is 7.79. The second-order valence-electron chi connectivity index (χ2n) is 3.11. The molecule has 1 aliphatic rings. The van der Waals surface area contributed by atoms with Crippen LogP contribution in [0.25, 0.3) is 0 Å². The molecule has 1 aliphatic carbocycles. The number of fused-ring (bicyclic) bond motifs is 1. The minimum atomic E-state index is -1.02. The fourth-order valence-corrected chi connectivity index (χ4v) is 2.05. The number of halogens is 1. The van der Waals surface area contributed by atoms with E-state index in [1.807, 2.05) is 6.07 Å². The maximum absolute atomic E-state index is 10.7. The van der Waals surface area contributed by atoms with Crippen LogP contribution in [-0.2, 0) is 11.2 Å². The van der Waals surface area contributed by atoms with Crippen molar-refractivity contribution in [1.82, 2.24) is 4.98 Å². The number of aryl methyl sites for hydroxylation is 1. The molecule has 3 nitrogen and oxygen atoms in total. The molecule has 14 heavy (non-hydrogen) atoms. The molecule has 0 spiro atoms. The summed E-state index contributed by atoms with van der Waals surface area (Å²) in [5, 5.41) is 10.7. The molecule has 0 fully saturated rings. The van der Waals surface area contributed by atoms with Crippen LogP contribution in [-0.4, -0.2) is 11.0 Å². The first-order chi connectivity index (χ1) is 6.18. The molecular weight excluding hydrogens is 241 g/mol. The van der Waals surface area contributed by atoms with Gasteiger partial charge in [0, 0.05) is 16.6 Å². The summed E-state index contributed by atoms with van der Waals surface area (Å²) in [7, 11) is 0. The van der Waals surface area contributed by atoms with Gasteiger partial charge >= 0.3 is 18.9 Å². The number of carbonyl (C=O) groups excluding carboxylic acids is 1. The number of rotatable bonds is 1. The standard InChI is InChI=1S/C9H8BrNO2.Li/c10-6-3-5-1-2-7(9(12)13)8(5)11-4-6;/h3-4,7H,1-2H2,(H,12,13);/q;+1/p-1. The Labute approximate surface area is 102 Å². The number of nitrogens with zero attached hydrogens (tertiary/aromatic N) is 1. The summed E-state index contributed by atoms with van der Waals surface area (Å²) in [6.45, 7) is 0. The number of carbonyl (C=O) groups is 1. The van der Waals surface area contributed by atoms with Crippen molar-refractivity contribution in [2.24, 2.45) is 0 Å². The molecule has 0 aliphatic heterocycles. The first kappa shape index (κ1) is 11.8. The third kappa shape index (κ3) is 2.03. The van der Waals surface area contributed by atoms with Crippen molar-refractivity contribution < 1.29 is 28.8 Å². The van der Waals surface area contributed by atoms with Crippen molar-refractivity contribution >= 4 is 21.9 Å². The van der Waals surface area contributed by atoms with Crippen LogP contribution in [0.1, 0.15) is 23.6 Å². The van der Waals surface area contributed by atoms with E-state index in [0.29, 0.717) is 12.1 Å². The van der Waals surface area contributed by atoms with Gasteiger partial charge in [0.15, 0.2) is 0 Å². The molecule has 0 saturated carbocycles. The average Bonchev–Trinajstić information content (AvgIpc) is 2.46. The number of hydrogen-bond acceptors (Lipinski definition) is 3. The van der Waals surface area contributed by atoms with E-state index in [1.54, 1.807) is 6.20 Å². The molecule has 5 heteroatoms. The first-order valence-corrected chi connectivity index (χ1v) is 4.83. The van der Waals surface area contributed by atoms with E-state index in [0.717, 1.165) is 16.5 Å². The predicted molar refractivity (Wildman–Crippen MR) is 48.0 cm³/mol. The van der Waals surface area contributed by atoms with Crippen LogP contribution in [0.4, 0.5) is 0 Å². The summed E-state index contributed by atoms with van der Waals surface area (Å²) < 4.78 is 0.894. The van der Waals surface area contributed by atoms with Gasteiger partial charge in [0.25, 0.3) is 0 Å². The third-order valence-corrected chi connectivity index (χ3v) is 2.72. The molecule has 68 valence electrons. The third-order valence-electron chi connectivity index (χ3n) is 2.29. The van der Waals surface area contributed by atoms with E-state index in [-0.39, 0.29) is 18.9 Å². The summed E-state index contributed by atoms with van der Waals surface area (Å²) in [6.07, 6.45) is 3.02. The topological polar surface area (TPSA) is 53.0 Å². The largest absolute Gasteiger partial charge is 1.00 e. The summed E-state index contributed by atoms with van der Waals surface area (Å²) in [6, 6.07) is 1.92. The minimum Gasteiger partial charge on any atom is -0.549 e. The van der Waals surface area contributed by atoms with Gasteiger partial charge in [-0.3, -0.25) is 4.98 Å². The van der Waals surface area contributed by atoms with E-state index in [4.69, 9.17) is 0 Å². The Morgan fingerprint density at radius 2 is 2.36 bits per heavy atom. The van der Waals surface area contributed by atoms with E-state index in [1.165, 1.54) is 0 Å². The molecular formula is C9H7BrLiNO2. The Bertz CT molecular complexity index is 370. The fraction of sp³-hybridized carbons (Fsp3) is 0.333. The minimum absolute atomic E-state index is 0. The van der Waals surface area contributed by atoms with Gasteiger partial charge in [-0.2, -0.15) is 0 Å². The van der Waals surface area contributed by atoms with Crippen LogP contribution in [0.2, 0.25) is 0 Å². The summed E-state index contributed by atoms with van der Waals surface area (Å²) in [5.74, 6) is -1.53. The Morgan fingerprint density at radius 3 is 3.00 bits per heavy atom. The van der Waals surface area contributed by atoms with Gasteiger partial charge in [0.05, 0.1) is 11.7 Å². The molecule has 1 aromatic rings. The molecule has 1 aromatic heterocycles. The molecule has 0 aromatic carbocycles. The summed E-state index contributed by atoms with van der Waals surface area (Å²) >= 11 is 3.30. The Hall–Kier alpha value is -0.303. The molecule has 2 rings (SSSR count). The maximum atomic E-state index is 10.7. The molecule has 0 saturated heterocycles. The van der Waals surface area contributed by atoms with Gasteiger partial charge in [0.1, 0.15) is 0 Å². The van der Waals surface area contributed by atoms with Gasteiger partial charge in [-0.15, -0.1) is 0 Å². The SMILES string of the molecule is O=C([O-])C1CCc2cc(Br)cnc21.[Li+]. The van der Waals surface area contributed by atoms with Gasteiger partial charge in [-0.25, -0.2) is 0 Å². The van der Waals surface area contributed by atoms with Crippen molar-refractivity contribution in [3.63, 3.8) is 0 Å². The zero-order valence-corrected chi connectivity index (χ0v) is 9.37. The quantitative estimate of drug-likeness (QED) is 0.522. The van der Waals surface area contributed by atoms with Crippen molar-refractivity contribution in [2.45, 2.75) is 18.8 Å². The normalized spacial score (nSPS) is 18.5. The second kappa shape index (κ2) is 4.48. The van der Waals surface area contributed by atoms with Gasteiger partial charge in [-0.1, -0.05) is 0 Å². The number of carboxylic acid groups (broad SMARTS) is 1. The number of hydrogen-bond donors (Lipinski definition) is 0. The van der Waals surface area contributed by atoms with Crippen molar-refractivity contribution in [1.29, 1.82) is 0 Å². The van der Waals surface area contributed by atoms with E-state index >= 15 is 0 Å². The van der Waals surface area contributed by atoms with Crippen LogP contribution >= 0.6 is 15.9 Å². The predicted octanol–water partition coefficient (Wildman–Crippen LogP) is -2.37. The summed E-state index contributed by atoms with van der Waals surface area (Å²) in [5.41, 5.74) is 1.69. The van der Waals surface area contributed by atoms with Gasteiger partial charge in [-0.05, 0) is 40.4 Å². The van der Waals surface area contributed by atoms with Gasteiger partial charge in [0.2, 0.25) is 0 Å². The Balaban J connectivity index is 0.000000980. The smallest absolute Gasteiger partial charge is 0.549 e. The molecule has 1 unspecified atom stereocenters. The van der Waals surface area contributed by atoms with Crippen LogP contribution in [0.3, 0.4) is 0 Å². The van der Waals surface area contributed by atoms with Crippen LogP contribution in [0.15, 0.2) is 16.7 Å². The average molecular weight is 248 g/mol. The Kier molecular flexibility index (Phi) is 3.76. The molecule has 0 N–H and O–H groups in total. The maximum Gasteiger partial charge on any atom is 1.00 e. The van der Waals surface area contributed by atoms with E-state index in [9.17, 15) is 9.90 Å². The zero-order chi connectivity index (χ0) is 9.42. The van der Waals surface area contributed by atoms with Crippen LogP contribution in [0, 0.1) is 0 Å². The van der Waals surface area contributed by atoms with E-state index in [2.05, 4.69) is 20.9 Å². The molecule has 0 amide bonds. The van der Waals surface area contributed by atoms with Crippen molar-refractivity contribution in [3.05, 3.63) is 28.0 Å². The number of pyridine rings is 1. The monoisotopic (exact) mass is 247 g/mol. The van der Waals surface area contributed by atoms with Crippen molar-refractivity contribution in [3.8, 4) is 0 Å². The number of aromatic nitrogens is 1. The number of aliphatic carboxylic acids is 1. The van der Waals surface area contributed by atoms with Crippen molar-refractivity contribution in [2.75, 3.05) is 0 Å². The molecule has 0 radical (unpaired) electrons. The summed E-state index contributed by atoms with van der Waals surface area (Å²) in [4.78, 5) is 14.8. The second-order valence-corrected chi connectivity index (χ2v) is 4.02. The molecule has 1 atom stereocenters. The van der Waals surface area contributed by atoms with E-state index < -0.39 is 11.9 Å².